The highest BCUT2D eigenvalue weighted by molar-refractivity contribution is 14.1. The molecule has 0 saturated heterocycles. The van der Waals surface area contributed by atoms with Crippen LogP contribution in [0.5, 0.6) is 5.75 Å². The van der Waals surface area contributed by atoms with Crippen LogP contribution in [-0.2, 0) is 0 Å². The van der Waals surface area contributed by atoms with E-state index in [2.05, 4.69) is 51.8 Å². The van der Waals surface area contributed by atoms with Crippen LogP contribution in [0.4, 0.5) is 0 Å². The van der Waals surface area contributed by atoms with Crippen LogP contribution in [0.2, 0.25) is 0 Å². The summed E-state index contributed by atoms with van der Waals surface area (Å²) in [6.45, 7) is 3.61. The predicted octanol–water partition coefficient (Wildman–Crippen LogP) is 3.81. The summed E-state index contributed by atoms with van der Waals surface area (Å²) in [5, 5.41) is 9.92. The summed E-state index contributed by atoms with van der Waals surface area (Å²) in [5.74, 6) is 0.304. The molecule has 1 nitrogen and oxygen atoms in total. The first-order valence-electron chi connectivity index (χ1n) is 3.05. The fourth-order valence-electron chi connectivity index (χ4n) is 0.722. The lowest BCUT2D eigenvalue weighted by molar-refractivity contribution is 0.467. The molecule has 0 fully saturated rings. The van der Waals surface area contributed by atoms with Gasteiger partial charge >= 0.3 is 0 Å². The van der Waals surface area contributed by atoms with E-state index < -0.39 is 0 Å². The molecule has 0 unspecified atom stereocenters. The molecule has 1 aromatic rings. The van der Waals surface area contributed by atoms with Crippen molar-refractivity contribution in [2.75, 3.05) is 0 Å². The minimum absolute atomic E-state index is 0.304. The van der Waals surface area contributed by atoms with Gasteiger partial charge in [0.15, 0.2) is 0 Å². The summed E-state index contributed by atoms with van der Waals surface area (Å²) in [7, 11) is 0. The third-order valence-corrected chi connectivity index (χ3v) is 3.19. The molecular weight excluding hydrogens is 401 g/mol. The molecule has 0 saturated carbocycles. The molecular formula is C8H5ClI2O. The molecule has 0 aliphatic rings. The fourth-order valence-corrected chi connectivity index (χ4v) is 2.60. The quantitative estimate of drug-likeness (QED) is 0.704. The smallest absolute Gasteiger partial charge is 0.142 e. The van der Waals surface area contributed by atoms with Gasteiger partial charge in [0.25, 0.3) is 0 Å². The van der Waals surface area contributed by atoms with Gasteiger partial charge in [0.2, 0.25) is 0 Å². The van der Waals surface area contributed by atoms with Crippen LogP contribution < -0.4 is 0 Å². The predicted molar refractivity (Wildman–Crippen MR) is 68.4 cm³/mol. The Labute approximate surface area is 103 Å². The molecule has 0 heterocycles. The van der Waals surface area contributed by atoms with Crippen molar-refractivity contribution in [1.29, 1.82) is 0 Å². The van der Waals surface area contributed by atoms with Gasteiger partial charge in [-0.15, -0.1) is 0 Å². The van der Waals surface area contributed by atoms with Crippen LogP contribution in [0.15, 0.2) is 18.7 Å². The number of phenols is 1. The standard InChI is InChI=1S/C8H5ClI2O/c1-4(9)5-2-6(10)8(12)7(11)3-5/h2-3,12H,1H2. The van der Waals surface area contributed by atoms with E-state index in [1.54, 1.807) is 12.1 Å². The molecule has 1 N–H and O–H groups in total. The van der Waals surface area contributed by atoms with Crippen molar-refractivity contribution in [1.82, 2.24) is 0 Å². The van der Waals surface area contributed by atoms with Crippen LogP contribution in [0.3, 0.4) is 0 Å². The van der Waals surface area contributed by atoms with Gasteiger partial charge in [0, 0.05) is 5.03 Å². The average molecular weight is 406 g/mol. The van der Waals surface area contributed by atoms with Crippen LogP contribution in [0.25, 0.3) is 5.03 Å². The Bertz CT molecular complexity index is 313. The Hall–Kier alpha value is 0.510. The number of rotatable bonds is 1. The van der Waals surface area contributed by atoms with Gasteiger partial charge in [-0.25, -0.2) is 0 Å². The van der Waals surface area contributed by atoms with Gasteiger partial charge in [0.1, 0.15) is 5.75 Å². The minimum atomic E-state index is 0.304. The number of hydrogen-bond acceptors (Lipinski definition) is 1. The monoisotopic (exact) mass is 406 g/mol. The summed E-state index contributed by atoms with van der Waals surface area (Å²) >= 11 is 9.83. The van der Waals surface area contributed by atoms with E-state index in [9.17, 15) is 5.11 Å². The second-order valence-electron chi connectivity index (χ2n) is 2.19. The van der Waals surface area contributed by atoms with Crippen molar-refractivity contribution in [2.45, 2.75) is 0 Å². The van der Waals surface area contributed by atoms with Crippen molar-refractivity contribution in [3.63, 3.8) is 0 Å². The highest BCUT2D eigenvalue weighted by Gasteiger charge is 2.06. The van der Waals surface area contributed by atoms with Crippen molar-refractivity contribution in [3.8, 4) is 5.75 Å². The first-order valence-corrected chi connectivity index (χ1v) is 5.58. The molecule has 0 spiro atoms. The van der Waals surface area contributed by atoms with Gasteiger partial charge in [-0.1, -0.05) is 18.2 Å². The zero-order valence-corrected chi connectivity index (χ0v) is 11.0. The van der Waals surface area contributed by atoms with Crippen molar-refractivity contribution in [2.24, 2.45) is 0 Å². The Morgan fingerprint density at radius 2 is 1.75 bits per heavy atom. The van der Waals surface area contributed by atoms with Crippen LogP contribution >= 0.6 is 56.8 Å². The summed E-state index contributed by atoms with van der Waals surface area (Å²) < 4.78 is 1.58. The van der Waals surface area contributed by atoms with E-state index in [1.807, 2.05) is 0 Å². The molecule has 0 aliphatic heterocycles. The first-order chi connectivity index (χ1) is 5.52. The maximum Gasteiger partial charge on any atom is 0.142 e. The normalized spacial score (nSPS) is 9.92. The third-order valence-electron chi connectivity index (χ3n) is 1.33. The van der Waals surface area contributed by atoms with Crippen LogP contribution in [0, 0.1) is 7.14 Å². The third kappa shape index (κ3) is 2.26. The largest absolute Gasteiger partial charge is 0.506 e. The van der Waals surface area contributed by atoms with Gasteiger partial charge in [-0.05, 0) is 62.9 Å². The molecule has 0 aliphatic carbocycles. The van der Waals surface area contributed by atoms with Gasteiger partial charge in [-0.2, -0.15) is 0 Å². The molecule has 1 rings (SSSR count). The Kier molecular flexibility index (Phi) is 3.66. The summed E-state index contributed by atoms with van der Waals surface area (Å²) in [6, 6.07) is 3.60. The molecule has 64 valence electrons. The number of halogens is 3. The van der Waals surface area contributed by atoms with Crippen LogP contribution in [-0.4, -0.2) is 5.11 Å². The average Bonchev–Trinajstić information content (AvgIpc) is 1.99. The molecule has 4 heteroatoms. The van der Waals surface area contributed by atoms with Crippen molar-refractivity contribution in [3.05, 3.63) is 31.4 Å². The van der Waals surface area contributed by atoms with E-state index in [1.165, 1.54) is 0 Å². The summed E-state index contributed by atoms with van der Waals surface area (Å²) in [4.78, 5) is 0. The molecule has 0 amide bonds. The maximum atomic E-state index is 9.42. The van der Waals surface area contributed by atoms with E-state index in [4.69, 9.17) is 11.6 Å². The van der Waals surface area contributed by atoms with E-state index in [-0.39, 0.29) is 0 Å². The summed E-state index contributed by atoms with van der Waals surface area (Å²) in [5.41, 5.74) is 0.850. The van der Waals surface area contributed by atoms with E-state index >= 15 is 0 Å². The van der Waals surface area contributed by atoms with Gasteiger partial charge in [0.05, 0.1) is 7.14 Å². The maximum absolute atomic E-state index is 9.42. The number of benzene rings is 1. The molecule has 12 heavy (non-hydrogen) atoms. The second kappa shape index (κ2) is 4.15. The zero-order valence-electron chi connectivity index (χ0n) is 5.94. The molecule has 1 aromatic carbocycles. The van der Waals surface area contributed by atoms with Gasteiger partial charge < -0.3 is 5.11 Å². The molecule has 0 aromatic heterocycles. The molecule has 0 radical (unpaired) electrons. The lowest BCUT2D eigenvalue weighted by atomic mass is 10.2. The van der Waals surface area contributed by atoms with Gasteiger partial charge in [-0.3, -0.25) is 0 Å². The SMILES string of the molecule is C=C(Cl)c1cc(I)c(O)c(I)c1. The molecule has 0 atom stereocenters. The van der Waals surface area contributed by atoms with Crippen LogP contribution in [0.1, 0.15) is 5.56 Å². The van der Waals surface area contributed by atoms with Crippen molar-refractivity contribution < 1.29 is 5.11 Å². The molecule has 0 bridgehead atoms. The highest BCUT2D eigenvalue weighted by atomic mass is 127. The lowest BCUT2D eigenvalue weighted by Crippen LogP contribution is -1.83. The zero-order chi connectivity index (χ0) is 9.30. The Morgan fingerprint density at radius 1 is 1.33 bits per heavy atom. The van der Waals surface area contributed by atoms with E-state index in [0.717, 1.165) is 12.7 Å². The van der Waals surface area contributed by atoms with Crippen molar-refractivity contribution >= 4 is 61.8 Å². The summed E-state index contributed by atoms with van der Waals surface area (Å²) in [6.07, 6.45) is 0. The van der Waals surface area contributed by atoms with E-state index in [0.29, 0.717) is 10.8 Å². The topological polar surface area (TPSA) is 20.2 Å². The number of phenolic OH excluding ortho intramolecular Hbond substituents is 1. The highest BCUT2D eigenvalue weighted by Crippen LogP contribution is 2.30. The number of hydrogen-bond donors (Lipinski definition) is 1. The Morgan fingerprint density at radius 3 is 2.08 bits per heavy atom. The lowest BCUT2D eigenvalue weighted by Gasteiger charge is -2.03. The number of aromatic hydroxyl groups is 1. The Balaban J connectivity index is 3.31. The minimum Gasteiger partial charge on any atom is -0.506 e. The first kappa shape index (κ1) is 10.6. The fraction of sp³-hybridized carbons (Fsp3) is 0. The second-order valence-corrected chi connectivity index (χ2v) is 4.97.